The Morgan fingerprint density at radius 1 is 1.39 bits per heavy atom. The van der Waals surface area contributed by atoms with Crippen LogP contribution in [0.1, 0.15) is 30.0 Å². The molecule has 2 atom stereocenters. The smallest absolute Gasteiger partial charge is 0.312 e. The Morgan fingerprint density at radius 3 is 2.65 bits per heavy atom. The molecule has 1 saturated heterocycles. The van der Waals surface area contributed by atoms with E-state index >= 15 is 0 Å². The molecule has 1 heterocycles. The average molecular weight is 319 g/mol. The minimum atomic E-state index is -0.883. The maximum atomic E-state index is 12.4. The number of amides is 3. The van der Waals surface area contributed by atoms with E-state index in [0.717, 1.165) is 11.1 Å². The number of carboxylic acid groups (broad SMARTS) is 1. The second-order valence-corrected chi connectivity index (χ2v) is 5.79. The first-order valence-electron chi connectivity index (χ1n) is 7.50. The van der Waals surface area contributed by atoms with Gasteiger partial charge in [-0.1, -0.05) is 24.3 Å². The van der Waals surface area contributed by atoms with E-state index < -0.39 is 24.0 Å². The zero-order chi connectivity index (χ0) is 17.0. The number of likely N-dealkylation sites (tertiary alicyclic amines) is 1. The molecular weight excluding hydrogens is 298 g/mol. The van der Waals surface area contributed by atoms with Gasteiger partial charge >= 0.3 is 12.0 Å². The Kier molecular flexibility index (Phi) is 5.20. The SMILES string of the molecule is Cc1ccccc1[C@H](CC(=O)N1CC[C@@H](C(=O)O)C1)NC(N)=O. The van der Waals surface area contributed by atoms with Crippen molar-refractivity contribution >= 4 is 17.9 Å². The maximum absolute atomic E-state index is 12.4. The third kappa shape index (κ3) is 4.21. The van der Waals surface area contributed by atoms with Crippen LogP contribution >= 0.6 is 0 Å². The predicted molar refractivity (Wildman–Crippen MR) is 83.6 cm³/mol. The van der Waals surface area contributed by atoms with E-state index in [1.807, 2.05) is 31.2 Å². The first kappa shape index (κ1) is 16.8. The molecule has 0 spiro atoms. The Morgan fingerprint density at radius 2 is 2.09 bits per heavy atom. The fourth-order valence-electron chi connectivity index (χ4n) is 2.88. The molecule has 0 unspecified atom stereocenters. The predicted octanol–water partition coefficient (Wildman–Crippen LogP) is 1.03. The summed E-state index contributed by atoms with van der Waals surface area (Å²) in [5, 5.41) is 11.6. The molecule has 2 rings (SSSR count). The van der Waals surface area contributed by atoms with Crippen molar-refractivity contribution in [1.29, 1.82) is 0 Å². The first-order chi connectivity index (χ1) is 10.9. The van der Waals surface area contributed by atoms with Crippen molar-refractivity contribution in [2.45, 2.75) is 25.8 Å². The van der Waals surface area contributed by atoms with E-state index in [2.05, 4.69) is 5.32 Å². The Bertz CT molecular complexity index is 617. The average Bonchev–Trinajstić information content (AvgIpc) is 2.96. The van der Waals surface area contributed by atoms with Gasteiger partial charge in [0.15, 0.2) is 0 Å². The van der Waals surface area contributed by atoms with Crippen LogP contribution in [0.3, 0.4) is 0 Å². The van der Waals surface area contributed by atoms with Crippen molar-refractivity contribution in [3.05, 3.63) is 35.4 Å². The summed E-state index contributed by atoms with van der Waals surface area (Å²) >= 11 is 0. The van der Waals surface area contributed by atoms with Gasteiger partial charge < -0.3 is 21.1 Å². The molecule has 7 heteroatoms. The second kappa shape index (κ2) is 7.13. The molecule has 0 bridgehead atoms. The van der Waals surface area contributed by atoms with Crippen molar-refractivity contribution in [1.82, 2.24) is 10.2 Å². The first-order valence-corrected chi connectivity index (χ1v) is 7.50. The molecule has 0 aromatic heterocycles. The topological polar surface area (TPSA) is 113 Å². The molecule has 1 aliphatic heterocycles. The number of carbonyl (C=O) groups excluding carboxylic acids is 2. The van der Waals surface area contributed by atoms with Gasteiger partial charge in [0, 0.05) is 13.1 Å². The van der Waals surface area contributed by atoms with Crippen LogP contribution in [0.2, 0.25) is 0 Å². The van der Waals surface area contributed by atoms with Gasteiger partial charge in [0.05, 0.1) is 18.4 Å². The third-order valence-electron chi connectivity index (χ3n) is 4.15. The van der Waals surface area contributed by atoms with E-state index in [1.54, 1.807) is 0 Å². The second-order valence-electron chi connectivity index (χ2n) is 5.79. The standard InChI is InChI=1S/C16H21N3O4/c1-10-4-2-3-5-12(10)13(18-16(17)23)8-14(20)19-7-6-11(9-19)15(21)22/h2-5,11,13H,6-9H2,1H3,(H,21,22)(H3,17,18,23)/t11-,13+/m1/s1. The fraction of sp³-hybridized carbons (Fsp3) is 0.438. The summed E-state index contributed by atoms with van der Waals surface area (Å²) in [6.45, 7) is 2.53. The van der Waals surface area contributed by atoms with Crippen molar-refractivity contribution in [3.8, 4) is 0 Å². The summed E-state index contributed by atoms with van der Waals surface area (Å²) < 4.78 is 0. The van der Waals surface area contributed by atoms with Crippen LogP contribution in [-0.2, 0) is 9.59 Å². The largest absolute Gasteiger partial charge is 0.481 e. The number of hydrogen-bond acceptors (Lipinski definition) is 3. The molecule has 1 aromatic rings. The van der Waals surface area contributed by atoms with Gasteiger partial charge in [-0.15, -0.1) is 0 Å². The van der Waals surface area contributed by atoms with Gasteiger partial charge in [-0.05, 0) is 24.5 Å². The Balaban J connectivity index is 2.09. The summed E-state index contributed by atoms with van der Waals surface area (Å²) in [5.74, 6) is -1.58. The molecule has 0 radical (unpaired) electrons. The third-order valence-corrected chi connectivity index (χ3v) is 4.15. The van der Waals surface area contributed by atoms with Crippen LogP contribution in [-0.4, -0.2) is 41.0 Å². The maximum Gasteiger partial charge on any atom is 0.312 e. The quantitative estimate of drug-likeness (QED) is 0.752. The zero-order valence-corrected chi connectivity index (χ0v) is 13.0. The van der Waals surface area contributed by atoms with Crippen LogP contribution in [0.5, 0.6) is 0 Å². The van der Waals surface area contributed by atoms with Gasteiger partial charge in [-0.3, -0.25) is 9.59 Å². The number of nitrogens with one attached hydrogen (secondary N) is 1. The van der Waals surface area contributed by atoms with E-state index in [-0.39, 0.29) is 18.9 Å². The number of rotatable bonds is 5. The molecule has 1 aromatic carbocycles. The van der Waals surface area contributed by atoms with E-state index in [0.29, 0.717) is 13.0 Å². The molecule has 23 heavy (non-hydrogen) atoms. The highest BCUT2D eigenvalue weighted by Gasteiger charge is 2.32. The number of aliphatic carboxylic acids is 1. The fourth-order valence-corrected chi connectivity index (χ4v) is 2.88. The van der Waals surface area contributed by atoms with Gasteiger partial charge in [0.25, 0.3) is 0 Å². The van der Waals surface area contributed by atoms with Crippen molar-refractivity contribution in [3.63, 3.8) is 0 Å². The molecule has 7 nitrogen and oxygen atoms in total. The highest BCUT2D eigenvalue weighted by Crippen LogP contribution is 2.24. The molecule has 4 N–H and O–H groups in total. The molecule has 0 aliphatic carbocycles. The minimum absolute atomic E-state index is 0.0557. The Hall–Kier alpha value is -2.57. The van der Waals surface area contributed by atoms with Crippen molar-refractivity contribution in [2.75, 3.05) is 13.1 Å². The number of urea groups is 1. The summed E-state index contributed by atoms with van der Waals surface area (Å²) in [7, 11) is 0. The zero-order valence-electron chi connectivity index (χ0n) is 13.0. The van der Waals surface area contributed by atoms with Crippen LogP contribution < -0.4 is 11.1 Å². The number of carbonyl (C=O) groups is 3. The molecule has 1 aliphatic rings. The van der Waals surface area contributed by atoms with Gasteiger partial charge in [-0.25, -0.2) is 4.79 Å². The normalized spacial score (nSPS) is 18.5. The van der Waals surface area contributed by atoms with Crippen LogP contribution in [0, 0.1) is 12.8 Å². The van der Waals surface area contributed by atoms with E-state index in [9.17, 15) is 14.4 Å². The summed E-state index contributed by atoms with van der Waals surface area (Å²) in [4.78, 5) is 36.2. The summed E-state index contributed by atoms with van der Waals surface area (Å²) in [6, 6.07) is 6.22. The lowest BCUT2D eigenvalue weighted by Gasteiger charge is -2.23. The molecule has 1 fully saturated rings. The highest BCUT2D eigenvalue weighted by atomic mass is 16.4. The molecule has 124 valence electrons. The van der Waals surface area contributed by atoms with Crippen LogP contribution in [0.4, 0.5) is 4.79 Å². The van der Waals surface area contributed by atoms with Crippen molar-refractivity contribution in [2.24, 2.45) is 11.7 Å². The number of nitrogens with zero attached hydrogens (tertiary/aromatic N) is 1. The van der Waals surface area contributed by atoms with Crippen molar-refractivity contribution < 1.29 is 19.5 Å². The number of primary amides is 1. The van der Waals surface area contributed by atoms with Gasteiger partial charge in [0.2, 0.25) is 5.91 Å². The van der Waals surface area contributed by atoms with Crippen LogP contribution in [0.25, 0.3) is 0 Å². The highest BCUT2D eigenvalue weighted by molar-refractivity contribution is 5.80. The number of aryl methyl sites for hydroxylation is 1. The Labute approximate surface area is 134 Å². The lowest BCUT2D eigenvalue weighted by Crippen LogP contribution is -2.38. The monoisotopic (exact) mass is 319 g/mol. The van der Waals surface area contributed by atoms with Crippen LogP contribution in [0.15, 0.2) is 24.3 Å². The lowest BCUT2D eigenvalue weighted by atomic mass is 9.98. The number of carboxylic acids is 1. The summed E-state index contributed by atoms with van der Waals surface area (Å²) in [6.07, 6.45) is 0.513. The minimum Gasteiger partial charge on any atom is -0.481 e. The molecule has 0 saturated carbocycles. The number of benzene rings is 1. The number of hydrogen-bond donors (Lipinski definition) is 3. The molecule has 3 amide bonds. The van der Waals surface area contributed by atoms with E-state index in [4.69, 9.17) is 10.8 Å². The van der Waals surface area contributed by atoms with E-state index in [1.165, 1.54) is 4.90 Å². The number of nitrogens with two attached hydrogens (primary N) is 1. The lowest BCUT2D eigenvalue weighted by molar-refractivity contribution is -0.141. The van der Waals surface area contributed by atoms with Gasteiger partial charge in [-0.2, -0.15) is 0 Å². The summed E-state index contributed by atoms with van der Waals surface area (Å²) in [5.41, 5.74) is 6.99. The van der Waals surface area contributed by atoms with Gasteiger partial charge in [0.1, 0.15) is 0 Å². The molecular formula is C16H21N3O4.